The predicted molar refractivity (Wildman–Crippen MR) is 84.3 cm³/mol. The van der Waals surface area contributed by atoms with Crippen LogP contribution in [0.1, 0.15) is 27.6 Å². The molecule has 2 rings (SSSR count). The fraction of sp³-hybridized carbons (Fsp3) is 0.0625. The van der Waals surface area contributed by atoms with Crippen LogP contribution in [0.2, 0.25) is 5.02 Å². The maximum absolute atomic E-state index is 13.6. The smallest absolute Gasteiger partial charge is 0.307 e. The van der Waals surface area contributed by atoms with Gasteiger partial charge in [-0.3, -0.25) is 14.9 Å². The van der Waals surface area contributed by atoms with Gasteiger partial charge >= 0.3 is 6.03 Å². The summed E-state index contributed by atoms with van der Waals surface area (Å²) in [6.45, 7) is 1.35. The summed E-state index contributed by atoms with van der Waals surface area (Å²) >= 11 is 5.76. The number of benzene rings is 2. The normalized spacial score (nSPS) is 10.0. The first-order valence-corrected chi connectivity index (χ1v) is 6.94. The molecule has 0 saturated heterocycles. The number of urea groups is 1. The van der Waals surface area contributed by atoms with Gasteiger partial charge < -0.3 is 5.32 Å². The van der Waals surface area contributed by atoms with Crippen molar-refractivity contribution in [2.45, 2.75) is 6.92 Å². The van der Waals surface area contributed by atoms with Crippen LogP contribution in [-0.2, 0) is 0 Å². The van der Waals surface area contributed by atoms with E-state index in [9.17, 15) is 18.8 Å². The van der Waals surface area contributed by atoms with Crippen LogP contribution in [0.5, 0.6) is 0 Å². The first-order valence-electron chi connectivity index (χ1n) is 6.56. The third kappa shape index (κ3) is 3.92. The summed E-state index contributed by atoms with van der Waals surface area (Å²) < 4.78 is 13.6. The molecule has 0 aliphatic heterocycles. The Bertz CT molecular complexity index is 772. The quantitative estimate of drug-likeness (QED) is 0.841. The number of anilines is 1. The van der Waals surface area contributed by atoms with Crippen LogP contribution in [0.25, 0.3) is 0 Å². The van der Waals surface area contributed by atoms with Crippen LogP contribution in [0, 0.1) is 5.82 Å². The molecule has 0 radical (unpaired) electrons. The van der Waals surface area contributed by atoms with E-state index in [1.54, 1.807) is 12.1 Å². The monoisotopic (exact) mass is 334 g/mol. The highest BCUT2D eigenvalue weighted by Gasteiger charge is 2.18. The highest BCUT2D eigenvalue weighted by molar-refractivity contribution is 6.34. The minimum Gasteiger partial charge on any atom is -0.307 e. The zero-order valence-electron chi connectivity index (χ0n) is 12.0. The molecule has 0 saturated carbocycles. The van der Waals surface area contributed by atoms with E-state index in [2.05, 4.69) is 5.32 Å². The fourth-order valence-electron chi connectivity index (χ4n) is 1.93. The number of para-hydroxylation sites is 1. The van der Waals surface area contributed by atoms with Crippen LogP contribution >= 0.6 is 11.6 Å². The largest absolute Gasteiger partial charge is 0.326 e. The number of carbonyl (C=O) groups is 3. The Labute approximate surface area is 136 Å². The van der Waals surface area contributed by atoms with Gasteiger partial charge in [0.2, 0.25) is 0 Å². The van der Waals surface area contributed by atoms with Crippen molar-refractivity contribution < 1.29 is 18.8 Å². The van der Waals surface area contributed by atoms with E-state index in [1.165, 1.54) is 31.2 Å². The molecule has 0 aliphatic rings. The number of amides is 3. The molecule has 3 amide bonds. The predicted octanol–water partition coefficient (Wildman–Crippen LogP) is 3.64. The van der Waals surface area contributed by atoms with Gasteiger partial charge in [-0.25, -0.2) is 9.18 Å². The Morgan fingerprint density at radius 1 is 1.04 bits per heavy atom. The van der Waals surface area contributed by atoms with Gasteiger partial charge in [0.1, 0.15) is 5.82 Å². The van der Waals surface area contributed by atoms with E-state index >= 15 is 0 Å². The summed E-state index contributed by atoms with van der Waals surface area (Å²) in [5.41, 5.74) is 0.105. The minimum atomic E-state index is -0.981. The number of rotatable bonds is 3. The van der Waals surface area contributed by atoms with Crippen LogP contribution in [0.4, 0.5) is 14.9 Å². The zero-order valence-corrected chi connectivity index (χ0v) is 12.8. The third-order valence-corrected chi connectivity index (χ3v) is 3.29. The van der Waals surface area contributed by atoms with Crippen molar-refractivity contribution in [1.82, 2.24) is 5.32 Å². The van der Waals surface area contributed by atoms with Gasteiger partial charge in [0.15, 0.2) is 5.78 Å². The van der Waals surface area contributed by atoms with Crippen molar-refractivity contribution in [3.05, 3.63) is 64.4 Å². The molecule has 23 heavy (non-hydrogen) atoms. The van der Waals surface area contributed by atoms with Crippen LogP contribution in [0.15, 0.2) is 42.5 Å². The summed E-state index contributed by atoms with van der Waals surface area (Å²) in [6, 6.07) is 9.15. The number of nitrogens with one attached hydrogen (secondary N) is 2. The molecule has 2 N–H and O–H groups in total. The molecular formula is C16H12ClFN2O3. The molecule has 7 heteroatoms. The van der Waals surface area contributed by atoms with Gasteiger partial charge in [-0.05, 0) is 31.2 Å². The molecule has 5 nitrogen and oxygen atoms in total. The topological polar surface area (TPSA) is 75.3 Å². The molecule has 0 bridgehead atoms. The van der Waals surface area contributed by atoms with Gasteiger partial charge in [-0.15, -0.1) is 0 Å². The SMILES string of the molecule is CC(=O)c1ccccc1NC(=O)NC(=O)c1c(F)cccc1Cl. The number of hydrogen-bond donors (Lipinski definition) is 2. The van der Waals surface area contributed by atoms with Crippen molar-refractivity contribution in [2.75, 3.05) is 5.32 Å². The molecule has 0 spiro atoms. The number of halogens is 2. The van der Waals surface area contributed by atoms with Gasteiger partial charge in [0.25, 0.3) is 5.91 Å². The zero-order chi connectivity index (χ0) is 17.0. The Morgan fingerprint density at radius 3 is 2.39 bits per heavy atom. The highest BCUT2D eigenvalue weighted by Crippen LogP contribution is 2.19. The van der Waals surface area contributed by atoms with Crippen molar-refractivity contribution in [3.63, 3.8) is 0 Å². The van der Waals surface area contributed by atoms with Gasteiger partial charge in [-0.2, -0.15) is 0 Å². The lowest BCUT2D eigenvalue weighted by molar-refractivity contribution is 0.0962. The van der Waals surface area contributed by atoms with Gasteiger partial charge in [0, 0.05) is 5.56 Å². The van der Waals surface area contributed by atoms with Crippen molar-refractivity contribution >= 4 is 35.0 Å². The lowest BCUT2D eigenvalue weighted by atomic mass is 10.1. The second kappa shape index (κ2) is 7.02. The van der Waals surface area contributed by atoms with E-state index in [1.807, 2.05) is 5.32 Å². The van der Waals surface area contributed by atoms with E-state index < -0.39 is 23.3 Å². The molecule has 0 aromatic heterocycles. The Morgan fingerprint density at radius 2 is 1.74 bits per heavy atom. The Balaban J connectivity index is 2.14. The number of imide groups is 1. The molecule has 118 valence electrons. The summed E-state index contributed by atoms with van der Waals surface area (Å²) in [5.74, 6) is -2.07. The van der Waals surface area contributed by atoms with E-state index in [-0.39, 0.29) is 16.5 Å². The average Bonchev–Trinajstić information content (AvgIpc) is 2.47. The average molecular weight is 335 g/mol. The second-order valence-electron chi connectivity index (χ2n) is 4.61. The molecule has 0 heterocycles. The maximum atomic E-state index is 13.6. The first kappa shape index (κ1) is 16.6. The summed E-state index contributed by atoms with van der Waals surface area (Å²) in [6.07, 6.45) is 0. The summed E-state index contributed by atoms with van der Waals surface area (Å²) in [4.78, 5) is 35.3. The van der Waals surface area contributed by atoms with E-state index in [0.29, 0.717) is 5.56 Å². The molecule has 0 aliphatic carbocycles. The first-order chi connectivity index (χ1) is 10.9. The second-order valence-corrected chi connectivity index (χ2v) is 5.01. The molecule has 0 fully saturated rings. The maximum Gasteiger partial charge on any atom is 0.326 e. The van der Waals surface area contributed by atoms with Crippen LogP contribution < -0.4 is 10.6 Å². The summed E-state index contributed by atoms with van der Waals surface area (Å²) in [7, 11) is 0. The third-order valence-electron chi connectivity index (χ3n) is 2.97. The molecule has 0 atom stereocenters. The molecule has 2 aromatic rings. The molecule has 0 unspecified atom stereocenters. The van der Waals surface area contributed by atoms with E-state index in [4.69, 9.17) is 11.6 Å². The lowest BCUT2D eigenvalue weighted by Crippen LogP contribution is -2.35. The standard InChI is InChI=1S/C16H12ClFN2O3/c1-9(21)10-5-2-3-8-13(10)19-16(23)20-15(22)14-11(17)6-4-7-12(14)18/h2-8H,1H3,(H2,19,20,22,23). The van der Waals surface area contributed by atoms with Gasteiger partial charge in [0.05, 0.1) is 16.3 Å². The summed E-state index contributed by atoms with van der Waals surface area (Å²) in [5, 5.41) is 4.23. The van der Waals surface area contributed by atoms with Gasteiger partial charge in [-0.1, -0.05) is 29.8 Å². The lowest BCUT2D eigenvalue weighted by Gasteiger charge is -2.10. The van der Waals surface area contributed by atoms with Crippen molar-refractivity contribution in [3.8, 4) is 0 Å². The number of carbonyl (C=O) groups excluding carboxylic acids is 3. The number of hydrogen-bond acceptors (Lipinski definition) is 3. The number of Topliss-reactive ketones (excluding diaryl/α,β-unsaturated/α-hetero) is 1. The van der Waals surface area contributed by atoms with Crippen molar-refractivity contribution in [1.29, 1.82) is 0 Å². The fourth-order valence-corrected chi connectivity index (χ4v) is 2.18. The van der Waals surface area contributed by atoms with E-state index in [0.717, 1.165) is 6.07 Å². The van der Waals surface area contributed by atoms with Crippen LogP contribution in [0.3, 0.4) is 0 Å². The number of ketones is 1. The molecular weight excluding hydrogens is 323 g/mol. The Hall–Kier alpha value is -2.73. The highest BCUT2D eigenvalue weighted by atomic mass is 35.5. The van der Waals surface area contributed by atoms with Crippen LogP contribution in [-0.4, -0.2) is 17.7 Å². The molecule has 2 aromatic carbocycles. The van der Waals surface area contributed by atoms with Crippen molar-refractivity contribution in [2.24, 2.45) is 0 Å². The Kier molecular flexibility index (Phi) is 5.08. The minimum absolute atomic E-state index is 0.112.